The Kier molecular flexibility index (Phi) is 3.54. The molecule has 84 valence electrons. The molecule has 0 N–H and O–H groups in total. The number of allylic oxidation sites excluding steroid dienone is 4. The third-order valence-corrected chi connectivity index (χ3v) is 2.77. The fourth-order valence-electron chi connectivity index (χ4n) is 2.23. The first-order valence-corrected chi connectivity index (χ1v) is 5.72. The number of carbonyl (C=O) groups excluding carboxylic acids is 1. The predicted molar refractivity (Wildman–Crippen MR) is 64.7 cm³/mol. The van der Waals surface area contributed by atoms with Crippen LogP contribution in [0.1, 0.15) is 47.5 Å². The number of rotatable bonds is 2. The van der Waals surface area contributed by atoms with Gasteiger partial charge in [-0.15, -0.1) is 0 Å². The molecule has 0 aromatic rings. The maximum Gasteiger partial charge on any atom is 0.158 e. The number of carbonyl (C=O) groups is 1. The van der Waals surface area contributed by atoms with Crippen LogP contribution in [0.2, 0.25) is 0 Å². The summed E-state index contributed by atoms with van der Waals surface area (Å²) in [4.78, 5) is 11.6. The van der Waals surface area contributed by atoms with Crippen molar-refractivity contribution in [3.63, 3.8) is 0 Å². The summed E-state index contributed by atoms with van der Waals surface area (Å²) in [6.45, 7) is 10.6. The summed E-state index contributed by atoms with van der Waals surface area (Å²) < 4.78 is 0. The van der Waals surface area contributed by atoms with Gasteiger partial charge in [0.1, 0.15) is 0 Å². The third-order valence-electron chi connectivity index (χ3n) is 2.77. The summed E-state index contributed by atoms with van der Waals surface area (Å²) in [6.07, 6.45) is 6.16. The Hall–Kier alpha value is -0.850. The molecule has 1 aliphatic rings. The van der Waals surface area contributed by atoms with Crippen LogP contribution in [-0.4, -0.2) is 5.78 Å². The van der Waals surface area contributed by atoms with E-state index in [1.165, 1.54) is 11.1 Å². The molecule has 0 unspecified atom stereocenters. The van der Waals surface area contributed by atoms with Gasteiger partial charge in [0, 0.05) is 5.92 Å². The quantitative estimate of drug-likeness (QED) is 0.626. The second-order valence-electron chi connectivity index (χ2n) is 5.78. The maximum absolute atomic E-state index is 11.6. The Balaban J connectivity index is 2.88. The number of hydrogen-bond acceptors (Lipinski definition) is 1. The van der Waals surface area contributed by atoms with E-state index in [1.54, 1.807) is 0 Å². The molecule has 0 aromatic heterocycles. The summed E-state index contributed by atoms with van der Waals surface area (Å²) >= 11 is 0. The van der Waals surface area contributed by atoms with Crippen LogP contribution in [-0.2, 0) is 4.79 Å². The zero-order chi connectivity index (χ0) is 11.6. The zero-order valence-electron chi connectivity index (χ0n) is 10.6. The Bertz CT molecular complexity index is 316. The van der Waals surface area contributed by atoms with Crippen molar-refractivity contribution in [3.8, 4) is 0 Å². The van der Waals surface area contributed by atoms with E-state index in [0.717, 1.165) is 12.8 Å². The monoisotopic (exact) mass is 206 g/mol. The zero-order valence-corrected chi connectivity index (χ0v) is 10.6. The van der Waals surface area contributed by atoms with Crippen molar-refractivity contribution in [2.24, 2.45) is 11.3 Å². The molecule has 0 fully saturated rings. The molecule has 15 heavy (non-hydrogen) atoms. The highest BCUT2D eigenvalue weighted by Crippen LogP contribution is 2.37. The van der Waals surface area contributed by atoms with Gasteiger partial charge in [0.15, 0.2) is 5.78 Å². The molecule has 0 atom stereocenters. The third kappa shape index (κ3) is 3.65. The van der Waals surface area contributed by atoms with Crippen LogP contribution in [0.15, 0.2) is 23.3 Å². The molecule has 0 saturated heterocycles. The van der Waals surface area contributed by atoms with Gasteiger partial charge in [-0.2, -0.15) is 0 Å². The molecule has 0 spiro atoms. The molecule has 0 heterocycles. The number of hydrogen-bond donors (Lipinski definition) is 0. The van der Waals surface area contributed by atoms with Gasteiger partial charge in [-0.1, -0.05) is 39.3 Å². The standard InChI is InChI=1S/C14H22O/c1-10(2)13(15)7-12-6-11(3)8-14(4,5)9-12/h6-7,10H,8-9H2,1-5H3. The summed E-state index contributed by atoms with van der Waals surface area (Å²) in [7, 11) is 0. The lowest BCUT2D eigenvalue weighted by atomic mass is 9.75. The van der Waals surface area contributed by atoms with Crippen LogP contribution < -0.4 is 0 Å². The summed E-state index contributed by atoms with van der Waals surface area (Å²) in [5.41, 5.74) is 2.89. The average Bonchev–Trinajstić information content (AvgIpc) is 1.99. The van der Waals surface area contributed by atoms with Crippen molar-refractivity contribution in [2.75, 3.05) is 0 Å². The van der Waals surface area contributed by atoms with Crippen LogP contribution >= 0.6 is 0 Å². The minimum Gasteiger partial charge on any atom is -0.295 e. The van der Waals surface area contributed by atoms with E-state index in [1.807, 2.05) is 19.9 Å². The smallest absolute Gasteiger partial charge is 0.158 e. The molecule has 1 aliphatic carbocycles. The molecule has 1 rings (SSSR count). The Morgan fingerprint density at radius 3 is 2.47 bits per heavy atom. The molecule has 1 heteroatoms. The molecular formula is C14H22O. The van der Waals surface area contributed by atoms with Gasteiger partial charge in [0.2, 0.25) is 0 Å². The summed E-state index contributed by atoms with van der Waals surface area (Å²) in [6, 6.07) is 0. The van der Waals surface area contributed by atoms with Gasteiger partial charge in [-0.05, 0) is 36.8 Å². The van der Waals surface area contributed by atoms with Gasteiger partial charge in [0.25, 0.3) is 0 Å². The van der Waals surface area contributed by atoms with E-state index in [4.69, 9.17) is 0 Å². The van der Waals surface area contributed by atoms with Gasteiger partial charge >= 0.3 is 0 Å². The van der Waals surface area contributed by atoms with E-state index in [-0.39, 0.29) is 11.7 Å². The lowest BCUT2D eigenvalue weighted by molar-refractivity contribution is -0.117. The van der Waals surface area contributed by atoms with E-state index < -0.39 is 0 Å². The van der Waals surface area contributed by atoms with E-state index in [0.29, 0.717) is 5.41 Å². The topological polar surface area (TPSA) is 17.1 Å². The van der Waals surface area contributed by atoms with Gasteiger partial charge in [-0.3, -0.25) is 4.79 Å². The SMILES string of the molecule is CC1=CC(=CC(=O)C(C)C)CC(C)(C)C1. The van der Waals surface area contributed by atoms with Crippen LogP contribution in [0.5, 0.6) is 0 Å². The molecule has 0 aromatic carbocycles. The Labute approximate surface area is 93.3 Å². The first-order valence-electron chi connectivity index (χ1n) is 5.72. The van der Waals surface area contributed by atoms with E-state index in [2.05, 4.69) is 26.8 Å². The van der Waals surface area contributed by atoms with Crippen molar-refractivity contribution < 1.29 is 4.79 Å². The number of ketones is 1. The highest BCUT2D eigenvalue weighted by atomic mass is 16.1. The average molecular weight is 206 g/mol. The normalized spacial score (nSPS) is 23.1. The van der Waals surface area contributed by atoms with Gasteiger partial charge < -0.3 is 0 Å². The van der Waals surface area contributed by atoms with Crippen molar-refractivity contribution in [3.05, 3.63) is 23.3 Å². The lowest BCUT2D eigenvalue weighted by Crippen LogP contribution is -2.17. The summed E-state index contributed by atoms with van der Waals surface area (Å²) in [5, 5.41) is 0. The Morgan fingerprint density at radius 2 is 2.00 bits per heavy atom. The second-order valence-corrected chi connectivity index (χ2v) is 5.78. The minimum absolute atomic E-state index is 0.108. The predicted octanol–water partition coefficient (Wildman–Crippen LogP) is 3.90. The Morgan fingerprint density at radius 1 is 1.40 bits per heavy atom. The van der Waals surface area contributed by atoms with Crippen LogP contribution in [0, 0.1) is 11.3 Å². The maximum atomic E-state index is 11.6. The fourth-order valence-corrected chi connectivity index (χ4v) is 2.23. The molecule has 0 saturated carbocycles. The largest absolute Gasteiger partial charge is 0.295 e. The van der Waals surface area contributed by atoms with Crippen LogP contribution in [0.25, 0.3) is 0 Å². The van der Waals surface area contributed by atoms with Crippen LogP contribution in [0.3, 0.4) is 0 Å². The lowest BCUT2D eigenvalue weighted by Gasteiger charge is -2.30. The van der Waals surface area contributed by atoms with Crippen molar-refractivity contribution in [1.29, 1.82) is 0 Å². The first kappa shape index (κ1) is 12.2. The summed E-state index contributed by atoms with van der Waals surface area (Å²) in [5.74, 6) is 0.350. The van der Waals surface area contributed by atoms with Crippen molar-refractivity contribution in [1.82, 2.24) is 0 Å². The highest BCUT2D eigenvalue weighted by molar-refractivity contribution is 5.92. The van der Waals surface area contributed by atoms with Crippen LogP contribution in [0.4, 0.5) is 0 Å². The van der Waals surface area contributed by atoms with Crippen molar-refractivity contribution in [2.45, 2.75) is 47.5 Å². The van der Waals surface area contributed by atoms with E-state index in [9.17, 15) is 4.79 Å². The molecule has 0 aliphatic heterocycles. The second kappa shape index (κ2) is 4.34. The first-order chi connectivity index (χ1) is 6.80. The van der Waals surface area contributed by atoms with Crippen molar-refractivity contribution >= 4 is 5.78 Å². The van der Waals surface area contributed by atoms with Gasteiger partial charge in [0.05, 0.1) is 0 Å². The molecule has 1 nitrogen and oxygen atoms in total. The minimum atomic E-state index is 0.108. The van der Waals surface area contributed by atoms with Gasteiger partial charge in [-0.25, -0.2) is 0 Å². The molecule has 0 amide bonds. The molecule has 0 bridgehead atoms. The molecule has 0 radical (unpaired) electrons. The fraction of sp³-hybridized carbons (Fsp3) is 0.643. The molecular weight excluding hydrogens is 184 g/mol. The van der Waals surface area contributed by atoms with E-state index >= 15 is 0 Å². The highest BCUT2D eigenvalue weighted by Gasteiger charge is 2.24.